The predicted octanol–water partition coefficient (Wildman–Crippen LogP) is 1.96. The standard InChI is InChI=1S/C15H24N6S/c1-11(10-21-7-5-6-19-21)8-17-15(16-4)18-9-14-12(2)20-13(3)22-14/h5-7,11H,8-10H2,1-4H3,(H2,16,17,18). The molecule has 22 heavy (non-hydrogen) atoms. The SMILES string of the molecule is CN=C(NCc1sc(C)nc1C)NCC(C)Cn1cccn1. The van der Waals surface area contributed by atoms with Crippen LogP contribution in [0.1, 0.15) is 22.5 Å². The lowest BCUT2D eigenvalue weighted by atomic mass is 10.2. The van der Waals surface area contributed by atoms with E-state index in [-0.39, 0.29) is 0 Å². The summed E-state index contributed by atoms with van der Waals surface area (Å²) in [5.41, 5.74) is 1.09. The monoisotopic (exact) mass is 320 g/mol. The van der Waals surface area contributed by atoms with Gasteiger partial charge in [-0.3, -0.25) is 9.67 Å². The van der Waals surface area contributed by atoms with Crippen LogP contribution >= 0.6 is 11.3 Å². The smallest absolute Gasteiger partial charge is 0.191 e. The maximum absolute atomic E-state index is 4.44. The second-order valence-corrected chi connectivity index (χ2v) is 6.67. The molecular formula is C15H24N6S. The first-order chi connectivity index (χ1) is 10.6. The summed E-state index contributed by atoms with van der Waals surface area (Å²) in [6, 6.07) is 1.94. The van der Waals surface area contributed by atoms with Crippen LogP contribution in [0.3, 0.4) is 0 Å². The molecule has 120 valence electrons. The number of aromatic nitrogens is 3. The van der Waals surface area contributed by atoms with Gasteiger partial charge in [-0.15, -0.1) is 11.3 Å². The zero-order valence-electron chi connectivity index (χ0n) is 13.6. The number of guanidine groups is 1. The van der Waals surface area contributed by atoms with Crippen LogP contribution < -0.4 is 10.6 Å². The Kier molecular flexibility index (Phi) is 5.94. The number of aliphatic imine (C=N–C) groups is 1. The summed E-state index contributed by atoms with van der Waals surface area (Å²) < 4.78 is 1.95. The summed E-state index contributed by atoms with van der Waals surface area (Å²) in [7, 11) is 1.79. The Morgan fingerprint density at radius 2 is 2.23 bits per heavy atom. The average Bonchev–Trinajstić information content (AvgIpc) is 3.09. The van der Waals surface area contributed by atoms with Gasteiger partial charge < -0.3 is 10.6 Å². The van der Waals surface area contributed by atoms with E-state index in [1.807, 2.05) is 30.8 Å². The number of hydrogen-bond acceptors (Lipinski definition) is 4. The number of rotatable bonds is 6. The molecular weight excluding hydrogens is 296 g/mol. The van der Waals surface area contributed by atoms with Crippen LogP contribution in [0.4, 0.5) is 0 Å². The Morgan fingerprint density at radius 1 is 1.41 bits per heavy atom. The van der Waals surface area contributed by atoms with Gasteiger partial charge in [-0.25, -0.2) is 4.98 Å². The normalized spacial score (nSPS) is 13.2. The van der Waals surface area contributed by atoms with E-state index in [9.17, 15) is 0 Å². The van der Waals surface area contributed by atoms with Crippen molar-refractivity contribution in [3.63, 3.8) is 0 Å². The predicted molar refractivity (Wildman–Crippen MR) is 91.2 cm³/mol. The van der Waals surface area contributed by atoms with Gasteiger partial charge in [0.05, 0.1) is 17.2 Å². The lowest BCUT2D eigenvalue weighted by Gasteiger charge is -2.16. The molecule has 2 aromatic rings. The number of hydrogen-bond donors (Lipinski definition) is 2. The summed E-state index contributed by atoms with van der Waals surface area (Å²) in [6.07, 6.45) is 3.79. The van der Waals surface area contributed by atoms with Crippen LogP contribution in [-0.4, -0.2) is 34.3 Å². The molecule has 1 unspecified atom stereocenters. The highest BCUT2D eigenvalue weighted by Crippen LogP contribution is 2.16. The fourth-order valence-corrected chi connectivity index (χ4v) is 3.06. The summed E-state index contributed by atoms with van der Waals surface area (Å²) in [5, 5.41) is 12.0. The van der Waals surface area contributed by atoms with Crippen molar-refractivity contribution >= 4 is 17.3 Å². The molecule has 0 radical (unpaired) electrons. The first kappa shape index (κ1) is 16.5. The largest absolute Gasteiger partial charge is 0.356 e. The Bertz CT molecular complexity index is 602. The molecule has 2 aromatic heterocycles. The van der Waals surface area contributed by atoms with Gasteiger partial charge in [-0.1, -0.05) is 6.92 Å². The molecule has 7 heteroatoms. The Hall–Kier alpha value is -1.89. The van der Waals surface area contributed by atoms with Crippen molar-refractivity contribution in [1.82, 2.24) is 25.4 Å². The quantitative estimate of drug-likeness (QED) is 0.631. The van der Waals surface area contributed by atoms with E-state index in [1.54, 1.807) is 24.6 Å². The maximum atomic E-state index is 4.44. The van der Waals surface area contributed by atoms with Crippen LogP contribution in [0.15, 0.2) is 23.5 Å². The molecule has 6 nitrogen and oxygen atoms in total. The molecule has 0 bridgehead atoms. The highest BCUT2D eigenvalue weighted by Gasteiger charge is 2.07. The van der Waals surface area contributed by atoms with Gasteiger partial charge in [0.2, 0.25) is 0 Å². The molecule has 2 rings (SSSR count). The van der Waals surface area contributed by atoms with E-state index in [0.717, 1.165) is 36.3 Å². The van der Waals surface area contributed by atoms with Crippen LogP contribution in [-0.2, 0) is 13.1 Å². The fourth-order valence-electron chi connectivity index (χ4n) is 2.19. The van der Waals surface area contributed by atoms with Gasteiger partial charge >= 0.3 is 0 Å². The summed E-state index contributed by atoms with van der Waals surface area (Å²) in [6.45, 7) is 8.77. The molecule has 2 N–H and O–H groups in total. The number of thiazole rings is 1. The molecule has 0 spiro atoms. The molecule has 1 atom stereocenters. The summed E-state index contributed by atoms with van der Waals surface area (Å²) in [5.74, 6) is 1.28. The molecule has 0 aliphatic rings. The third-order valence-corrected chi connectivity index (χ3v) is 4.39. The van der Waals surface area contributed by atoms with Gasteiger partial charge in [0.25, 0.3) is 0 Å². The van der Waals surface area contributed by atoms with E-state index < -0.39 is 0 Å². The van der Waals surface area contributed by atoms with E-state index >= 15 is 0 Å². The van der Waals surface area contributed by atoms with Gasteiger partial charge in [0.15, 0.2) is 5.96 Å². The van der Waals surface area contributed by atoms with E-state index in [4.69, 9.17) is 0 Å². The molecule has 0 saturated heterocycles. The summed E-state index contributed by atoms with van der Waals surface area (Å²) >= 11 is 1.73. The van der Waals surface area contributed by atoms with Crippen molar-refractivity contribution < 1.29 is 0 Å². The number of nitrogens with one attached hydrogen (secondary N) is 2. The van der Waals surface area contributed by atoms with Gasteiger partial charge in [-0.2, -0.15) is 5.10 Å². The van der Waals surface area contributed by atoms with Crippen LogP contribution in [0.5, 0.6) is 0 Å². The molecule has 0 aliphatic heterocycles. The molecule has 0 amide bonds. The first-order valence-electron chi connectivity index (χ1n) is 7.43. The average molecular weight is 320 g/mol. The minimum Gasteiger partial charge on any atom is -0.356 e. The topological polar surface area (TPSA) is 67.1 Å². The lowest BCUT2D eigenvalue weighted by molar-refractivity contribution is 0.443. The van der Waals surface area contributed by atoms with E-state index in [2.05, 4.69) is 32.6 Å². The van der Waals surface area contributed by atoms with Crippen molar-refractivity contribution in [3.05, 3.63) is 34.0 Å². The van der Waals surface area contributed by atoms with Gasteiger partial charge in [-0.05, 0) is 25.8 Å². The fraction of sp³-hybridized carbons (Fsp3) is 0.533. The Balaban J connectivity index is 1.76. The van der Waals surface area contributed by atoms with Crippen molar-refractivity contribution in [3.8, 4) is 0 Å². The van der Waals surface area contributed by atoms with Crippen molar-refractivity contribution in [1.29, 1.82) is 0 Å². The second kappa shape index (κ2) is 7.93. The number of nitrogens with zero attached hydrogens (tertiary/aromatic N) is 4. The van der Waals surface area contributed by atoms with E-state index in [0.29, 0.717) is 5.92 Å². The van der Waals surface area contributed by atoms with Crippen molar-refractivity contribution in [2.45, 2.75) is 33.9 Å². The van der Waals surface area contributed by atoms with Crippen molar-refractivity contribution in [2.75, 3.05) is 13.6 Å². The zero-order chi connectivity index (χ0) is 15.9. The molecule has 0 fully saturated rings. The Labute approximate surface area is 135 Å². The second-order valence-electron chi connectivity index (χ2n) is 5.38. The summed E-state index contributed by atoms with van der Waals surface area (Å²) in [4.78, 5) is 9.96. The van der Waals surface area contributed by atoms with Gasteiger partial charge in [0.1, 0.15) is 0 Å². The maximum Gasteiger partial charge on any atom is 0.191 e. The van der Waals surface area contributed by atoms with Crippen LogP contribution in [0.25, 0.3) is 0 Å². The first-order valence-corrected chi connectivity index (χ1v) is 8.25. The van der Waals surface area contributed by atoms with E-state index in [1.165, 1.54) is 4.88 Å². The molecule has 0 saturated carbocycles. The highest BCUT2D eigenvalue weighted by atomic mass is 32.1. The minimum atomic E-state index is 0.464. The Morgan fingerprint density at radius 3 is 2.82 bits per heavy atom. The molecule has 2 heterocycles. The third-order valence-electron chi connectivity index (χ3n) is 3.32. The lowest BCUT2D eigenvalue weighted by Crippen LogP contribution is -2.39. The zero-order valence-corrected chi connectivity index (χ0v) is 14.4. The third kappa shape index (κ3) is 4.84. The highest BCUT2D eigenvalue weighted by molar-refractivity contribution is 7.11. The molecule has 0 aromatic carbocycles. The van der Waals surface area contributed by atoms with Crippen molar-refractivity contribution in [2.24, 2.45) is 10.9 Å². The van der Waals surface area contributed by atoms with Crippen LogP contribution in [0.2, 0.25) is 0 Å². The number of aryl methyl sites for hydroxylation is 2. The molecule has 0 aliphatic carbocycles. The minimum absolute atomic E-state index is 0.464. The van der Waals surface area contributed by atoms with Gasteiger partial charge in [0, 0.05) is 37.4 Å². The van der Waals surface area contributed by atoms with Crippen LogP contribution in [0, 0.1) is 19.8 Å².